The maximum Gasteiger partial charge on any atom is 0.243 e. The van der Waals surface area contributed by atoms with E-state index in [-0.39, 0.29) is 16.8 Å². The average Bonchev–Trinajstić information content (AvgIpc) is 2.69. The van der Waals surface area contributed by atoms with E-state index in [1.165, 1.54) is 10.7 Å². The molecule has 0 radical (unpaired) electrons. The molecule has 1 fully saturated rings. The number of hydrogen-bond donors (Lipinski definition) is 1. The van der Waals surface area contributed by atoms with Crippen LogP contribution in [-0.4, -0.2) is 56.3 Å². The first-order valence-electron chi connectivity index (χ1n) is 10.5. The molecule has 6 nitrogen and oxygen atoms in total. The zero-order valence-corrected chi connectivity index (χ0v) is 18.3. The third-order valence-electron chi connectivity index (χ3n) is 5.35. The number of rotatable bonds is 10. The molecule has 1 aliphatic rings. The number of amides is 1. The van der Waals surface area contributed by atoms with E-state index in [0.717, 1.165) is 51.6 Å². The van der Waals surface area contributed by atoms with Crippen LogP contribution in [0.15, 0.2) is 29.2 Å². The lowest BCUT2D eigenvalue weighted by Gasteiger charge is -2.30. The molecular formula is C21H35N3O3S. The van der Waals surface area contributed by atoms with Crippen LogP contribution < -0.4 is 5.32 Å². The Bertz CT molecular complexity index is 707. The summed E-state index contributed by atoms with van der Waals surface area (Å²) in [7, 11) is -1.83. The van der Waals surface area contributed by atoms with Crippen molar-refractivity contribution in [3.05, 3.63) is 24.3 Å². The Labute approximate surface area is 170 Å². The summed E-state index contributed by atoms with van der Waals surface area (Å²) in [5, 5.41) is 2.87. The monoisotopic (exact) mass is 409 g/mol. The van der Waals surface area contributed by atoms with Gasteiger partial charge in [-0.15, -0.1) is 0 Å². The van der Waals surface area contributed by atoms with Crippen molar-refractivity contribution in [2.45, 2.75) is 69.7 Å². The highest BCUT2D eigenvalue weighted by molar-refractivity contribution is 7.89. The first kappa shape index (κ1) is 22.8. The summed E-state index contributed by atoms with van der Waals surface area (Å²) in [5.41, 5.74) is 0.622. The zero-order chi connectivity index (χ0) is 20.6. The molecule has 7 heteroatoms. The van der Waals surface area contributed by atoms with Crippen molar-refractivity contribution in [3.8, 4) is 0 Å². The molecule has 1 aromatic carbocycles. The van der Waals surface area contributed by atoms with Crippen molar-refractivity contribution in [2.75, 3.05) is 32.0 Å². The summed E-state index contributed by atoms with van der Waals surface area (Å²) in [5.74, 6) is -0.0724. The highest BCUT2D eigenvalue weighted by Gasteiger charge is 2.28. The summed E-state index contributed by atoms with van der Waals surface area (Å²) >= 11 is 0. The Morgan fingerprint density at radius 2 is 1.61 bits per heavy atom. The fraction of sp³-hybridized carbons (Fsp3) is 0.667. The number of benzene rings is 1. The summed E-state index contributed by atoms with van der Waals surface area (Å²) in [6.45, 7) is 6.35. The minimum Gasteiger partial charge on any atom is -0.325 e. The standard InChI is InChI=1S/C21H35N3O3S/c1-4-15-24(16-5-2)17-21(25)22-18-11-13-20(14-12-18)28(26,27)23(3)19-9-7-6-8-10-19/h11-14,19H,4-10,15-17H2,1-3H3,(H,22,25). The fourth-order valence-electron chi connectivity index (χ4n) is 3.82. The van der Waals surface area contributed by atoms with Crippen molar-refractivity contribution in [3.63, 3.8) is 0 Å². The summed E-state index contributed by atoms with van der Waals surface area (Å²) in [6, 6.07) is 6.59. The Hall–Kier alpha value is -1.44. The predicted molar refractivity (Wildman–Crippen MR) is 114 cm³/mol. The maximum absolute atomic E-state index is 12.9. The number of sulfonamides is 1. The van der Waals surface area contributed by atoms with E-state index >= 15 is 0 Å². The largest absolute Gasteiger partial charge is 0.325 e. The van der Waals surface area contributed by atoms with Crippen LogP contribution in [0.5, 0.6) is 0 Å². The van der Waals surface area contributed by atoms with Crippen LogP contribution in [-0.2, 0) is 14.8 Å². The Morgan fingerprint density at radius 3 is 2.14 bits per heavy atom. The number of anilines is 1. The van der Waals surface area contributed by atoms with Crippen molar-refractivity contribution in [1.82, 2.24) is 9.21 Å². The fourth-order valence-corrected chi connectivity index (χ4v) is 5.24. The van der Waals surface area contributed by atoms with Crippen LogP contribution in [0.4, 0.5) is 5.69 Å². The van der Waals surface area contributed by atoms with Crippen LogP contribution >= 0.6 is 0 Å². The van der Waals surface area contributed by atoms with Crippen LogP contribution in [0.2, 0.25) is 0 Å². The van der Waals surface area contributed by atoms with Crippen molar-refractivity contribution >= 4 is 21.6 Å². The van der Waals surface area contributed by atoms with Gasteiger partial charge in [-0.2, -0.15) is 4.31 Å². The van der Waals surface area contributed by atoms with Crippen LogP contribution in [0.3, 0.4) is 0 Å². The molecule has 158 valence electrons. The summed E-state index contributed by atoms with van der Waals surface area (Å²) in [4.78, 5) is 14.7. The molecule has 0 aromatic heterocycles. The second-order valence-corrected chi connectivity index (χ2v) is 9.66. The van der Waals surface area contributed by atoms with Crippen molar-refractivity contribution in [2.24, 2.45) is 0 Å². The number of carbonyl (C=O) groups is 1. The van der Waals surface area contributed by atoms with Gasteiger partial charge in [0.1, 0.15) is 0 Å². The summed E-state index contributed by atoms with van der Waals surface area (Å²) < 4.78 is 27.3. The molecule has 0 bridgehead atoms. The Balaban J connectivity index is 1.99. The van der Waals surface area contributed by atoms with E-state index in [9.17, 15) is 13.2 Å². The normalized spacial score (nSPS) is 15.9. The molecule has 1 aromatic rings. The number of nitrogens with one attached hydrogen (secondary N) is 1. The van der Waals surface area contributed by atoms with E-state index in [4.69, 9.17) is 0 Å². The minimum absolute atomic E-state index is 0.0724. The maximum atomic E-state index is 12.9. The van der Waals surface area contributed by atoms with Gasteiger partial charge in [-0.25, -0.2) is 8.42 Å². The van der Waals surface area contributed by atoms with E-state index in [0.29, 0.717) is 12.2 Å². The van der Waals surface area contributed by atoms with E-state index in [1.807, 2.05) is 0 Å². The topological polar surface area (TPSA) is 69.7 Å². The number of hydrogen-bond acceptors (Lipinski definition) is 4. The first-order valence-corrected chi connectivity index (χ1v) is 11.9. The van der Waals surface area contributed by atoms with Gasteiger partial charge in [0, 0.05) is 18.8 Å². The lowest BCUT2D eigenvalue weighted by molar-refractivity contribution is -0.117. The molecule has 1 amide bonds. The SMILES string of the molecule is CCCN(CCC)CC(=O)Nc1ccc(S(=O)(=O)N(C)C2CCCCC2)cc1. The van der Waals surface area contributed by atoms with Gasteiger partial charge < -0.3 is 5.32 Å². The van der Waals surface area contributed by atoms with Gasteiger partial charge in [-0.1, -0.05) is 33.1 Å². The molecule has 1 N–H and O–H groups in total. The third kappa shape index (κ3) is 6.29. The van der Waals surface area contributed by atoms with Gasteiger partial charge in [0.2, 0.25) is 15.9 Å². The molecule has 1 aliphatic carbocycles. The molecule has 1 saturated carbocycles. The van der Waals surface area contributed by atoms with E-state index < -0.39 is 10.0 Å². The first-order chi connectivity index (χ1) is 13.4. The Morgan fingerprint density at radius 1 is 1.04 bits per heavy atom. The molecule has 0 atom stereocenters. The van der Waals surface area contributed by atoms with Gasteiger partial charge >= 0.3 is 0 Å². The third-order valence-corrected chi connectivity index (χ3v) is 7.28. The highest BCUT2D eigenvalue weighted by Crippen LogP contribution is 2.27. The molecule has 0 unspecified atom stereocenters. The lowest BCUT2D eigenvalue weighted by Crippen LogP contribution is -2.38. The second kappa shape index (κ2) is 10.9. The van der Waals surface area contributed by atoms with Crippen LogP contribution in [0.1, 0.15) is 58.8 Å². The molecule has 2 rings (SSSR count). The van der Waals surface area contributed by atoms with Gasteiger partial charge in [0.25, 0.3) is 0 Å². The zero-order valence-electron chi connectivity index (χ0n) is 17.5. The predicted octanol–water partition coefficient (Wildman–Crippen LogP) is 3.70. The van der Waals surface area contributed by atoms with Gasteiger partial charge in [0.15, 0.2) is 0 Å². The van der Waals surface area contributed by atoms with Crippen molar-refractivity contribution in [1.29, 1.82) is 0 Å². The summed E-state index contributed by atoms with van der Waals surface area (Å²) in [6.07, 6.45) is 7.23. The molecule has 28 heavy (non-hydrogen) atoms. The van der Waals surface area contributed by atoms with Gasteiger partial charge in [0.05, 0.1) is 11.4 Å². The molecule has 0 heterocycles. The van der Waals surface area contributed by atoms with E-state index in [1.54, 1.807) is 31.3 Å². The van der Waals surface area contributed by atoms with E-state index in [2.05, 4.69) is 24.1 Å². The van der Waals surface area contributed by atoms with Gasteiger partial charge in [-0.3, -0.25) is 9.69 Å². The minimum atomic E-state index is -3.51. The van der Waals surface area contributed by atoms with Crippen LogP contribution in [0, 0.1) is 0 Å². The lowest BCUT2D eigenvalue weighted by atomic mass is 9.96. The van der Waals surface area contributed by atoms with Crippen LogP contribution in [0.25, 0.3) is 0 Å². The number of nitrogens with zero attached hydrogens (tertiary/aromatic N) is 2. The quantitative estimate of drug-likeness (QED) is 0.640. The molecule has 0 aliphatic heterocycles. The Kier molecular flexibility index (Phi) is 8.92. The van der Waals surface area contributed by atoms with Crippen molar-refractivity contribution < 1.29 is 13.2 Å². The molecule has 0 spiro atoms. The molecule has 0 saturated heterocycles. The highest BCUT2D eigenvalue weighted by atomic mass is 32.2. The number of carbonyl (C=O) groups excluding carboxylic acids is 1. The van der Waals surface area contributed by atoms with Gasteiger partial charge in [-0.05, 0) is 63.0 Å². The smallest absolute Gasteiger partial charge is 0.243 e. The molecular weight excluding hydrogens is 374 g/mol. The average molecular weight is 410 g/mol. The second-order valence-electron chi connectivity index (χ2n) is 7.66.